The molecule has 0 aliphatic carbocycles. The van der Waals surface area contributed by atoms with E-state index in [9.17, 15) is 13.2 Å². The molecule has 0 aliphatic rings. The highest BCUT2D eigenvalue weighted by Crippen LogP contribution is 2.14. The third-order valence-corrected chi connectivity index (χ3v) is 4.60. The first kappa shape index (κ1) is 16.5. The van der Waals surface area contributed by atoms with Gasteiger partial charge in [0.15, 0.2) is 9.84 Å². The molecule has 0 saturated heterocycles. The summed E-state index contributed by atoms with van der Waals surface area (Å²) >= 11 is 0. The molecule has 6 heteroatoms. The highest BCUT2D eigenvalue weighted by molar-refractivity contribution is 7.91. The van der Waals surface area contributed by atoms with E-state index in [1.54, 1.807) is 45.3 Å². The summed E-state index contributed by atoms with van der Waals surface area (Å²) in [5, 5.41) is 0. The zero-order valence-electron chi connectivity index (χ0n) is 12.3. The third-order valence-electron chi connectivity index (χ3n) is 2.84. The van der Waals surface area contributed by atoms with Crippen LogP contribution in [0.4, 0.5) is 4.79 Å². The fraction of sp³-hybridized carbons (Fsp3) is 0.500. The Labute approximate surface area is 120 Å². The topological polar surface area (TPSA) is 63.7 Å². The Morgan fingerprint density at radius 1 is 1.25 bits per heavy atom. The second-order valence-electron chi connectivity index (χ2n) is 5.01. The van der Waals surface area contributed by atoms with Gasteiger partial charge in [0.2, 0.25) is 0 Å². The second-order valence-corrected chi connectivity index (χ2v) is 7.12. The number of aryl methyl sites for hydroxylation is 1. The molecular weight excluding hydrogens is 278 g/mol. The van der Waals surface area contributed by atoms with Crippen LogP contribution >= 0.6 is 0 Å². The van der Waals surface area contributed by atoms with Gasteiger partial charge in [-0.3, -0.25) is 0 Å². The van der Waals surface area contributed by atoms with Gasteiger partial charge in [0.1, 0.15) is 6.10 Å². The predicted octanol–water partition coefficient (Wildman–Crippen LogP) is 2.25. The van der Waals surface area contributed by atoms with E-state index < -0.39 is 22.0 Å². The molecule has 5 nitrogen and oxygen atoms in total. The molecule has 0 aliphatic heterocycles. The molecule has 1 rings (SSSR count). The monoisotopic (exact) mass is 299 g/mol. The van der Waals surface area contributed by atoms with Crippen molar-refractivity contribution < 1.29 is 17.9 Å². The highest BCUT2D eigenvalue weighted by Gasteiger charge is 2.18. The van der Waals surface area contributed by atoms with Gasteiger partial charge in [-0.05, 0) is 32.4 Å². The number of hydrogen-bond donors (Lipinski definition) is 0. The molecular formula is C14H21NO4S. The van der Waals surface area contributed by atoms with E-state index >= 15 is 0 Å². The number of sulfone groups is 1. The van der Waals surface area contributed by atoms with Crippen LogP contribution < -0.4 is 0 Å². The lowest BCUT2D eigenvalue weighted by molar-refractivity contribution is 0.0813. The predicted molar refractivity (Wildman–Crippen MR) is 77.5 cm³/mol. The normalized spacial score (nSPS) is 12.8. The summed E-state index contributed by atoms with van der Waals surface area (Å²) in [7, 11) is -0.170. The number of amides is 1. The Balaban J connectivity index is 2.60. The minimum atomic E-state index is -3.33. The summed E-state index contributed by atoms with van der Waals surface area (Å²) in [6.07, 6.45) is -0.633. The summed E-state index contributed by atoms with van der Waals surface area (Å²) < 4.78 is 29.3. The van der Waals surface area contributed by atoms with E-state index in [1.165, 1.54) is 4.90 Å². The van der Waals surface area contributed by atoms with Gasteiger partial charge in [0, 0.05) is 14.1 Å². The average Bonchev–Trinajstić information content (AvgIpc) is 2.37. The number of ether oxygens (including phenoxy) is 1. The Kier molecular flexibility index (Phi) is 5.56. The molecule has 0 N–H and O–H groups in total. The molecule has 0 unspecified atom stereocenters. The summed E-state index contributed by atoms with van der Waals surface area (Å²) in [4.78, 5) is 13.0. The molecule has 0 heterocycles. The van der Waals surface area contributed by atoms with E-state index in [0.717, 1.165) is 5.56 Å². The molecule has 0 fully saturated rings. The van der Waals surface area contributed by atoms with Crippen molar-refractivity contribution in [2.45, 2.75) is 31.3 Å². The first-order chi connectivity index (χ1) is 9.22. The van der Waals surface area contributed by atoms with E-state index in [0.29, 0.717) is 4.90 Å². The van der Waals surface area contributed by atoms with Crippen LogP contribution in [-0.4, -0.2) is 45.4 Å². The molecule has 1 amide bonds. The van der Waals surface area contributed by atoms with Gasteiger partial charge in [-0.15, -0.1) is 0 Å². The largest absolute Gasteiger partial charge is 0.446 e. The Morgan fingerprint density at radius 2 is 1.80 bits per heavy atom. The van der Waals surface area contributed by atoms with Crippen molar-refractivity contribution in [2.75, 3.05) is 19.8 Å². The van der Waals surface area contributed by atoms with Gasteiger partial charge in [-0.25, -0.2) is 13.2 Å². The van der Waals surface area contributed by atoms with Gasteiger partial charge in [0.25, 0.3) is 0 Å². The van der Waals surface area contributed by atoms with Gasteiger partial charge < -0.3 is 9.64 Å². The first-order valence-corrected chi connectivity index (χ1v) is 8.05. The number of carbonyl (C=O) groups is 1. The Morgan fingerprint density at radius 3 is 2.30 bits per heavy atom. The van der Waals surface area contributed by atoms with E-state index in [-0.39, 0.29) is 12.2 Å². The maximum absolute atomic E-state index is 12.1. The van der Waals surface area contributed by atoms with Crippen LogP contribution in [0, 0.1) is 6.92 Å². The minimum absolute atomic E-state index is 0.0437. The fourth-order valence-electron chi connectivity index (χ4n) is 1.52. The molecule has 0 radical (unpaired) electrons. The fourth-order valence-corrected chi connectivity index (χ4v) is 2.95. The first-order valence-electron chi connectivity index (χ1n) is 6.40. The lowest BCUT2D eigenvalue weighted by Crippen LogP contribution is -2.27. The van der Waals surface area contributed by atoms with Gasteiger partial charge in [-0.2, -0.15) is 0 Å². The zero-order chi connectivity index (χ0) is 15.3. The molecule has 0 bridgehead atoms. The molecule has 0 spiro atoms. The van der Waals surface area contributed by atoms with Gasteiger partial charge >= 0.3 is 6.09 Å². The smallest absolute Gasteiger partial charge is 0.409 e. The van der Waals surface area contributed by atoms with Crippen LogP contribution in [0.1, 0.15) is 18.9 Å². The maximum Gasteiger partial charge on any atom is 0.409 e. The highest BCUT2D eigenvalue weighted by atomic mass is 32.2. The van der Waals surface area contributed by atoms with E-state index in [4.69, 9.17) is 4.74 Å². The van der Waals surface area contributed by atoms with Crippen molar-refractivity contribution in [3.63, 3.8) is 0 Å². The zero-order valence-corrected chi connectivity index (χ0v) is 13.1. The van der Waals surface area contributed by atoms with Crippen molar-refractivity contribution >= 4 is 15.9 Å². The summed E-state index contributed by atoms with van der Waals surface area (Å²) in [6, 6.07) is 6.73. The number of carbonyl (C=O) groups excluding carboxylic acids is 1. The van der Waals surface area contributed by atoms with Crippen LogP contribution in [0.3, 0.4) is 0 Å². The average molecular weight is 299 g/mol. The van der Waals surface area contributed by atoms with Crippen LogP contribution in [0.15, 0.2) is 29.2 Å². The molecule has 20 heavy (non-hydrogen) atoms. The van der Waals surface area contributed by atoms with Crippen LogP contribution in [0.2, 0.25) is 0 Å². The minimum Gasteiger partial charge on any atom is -0.446 e. The van der Waals surface area contributed by atoms with Crippen LogP contribution in [0.5, 0.6) is 0 Å². The number of hydrogen-bond acceptors (Lipinski definition) is 4. The van der Waals surface area contributed by atoms with Crippen molar-refractivity contribution in [3.05, 3.63) is 29.8 Å². The Hall–Kier alpha value is -1.56. The lowest BCUT2D eigenvalue weighted by atomic mass is 10.2. The number of nitrogens with zero attached hydrogens (tertiary/aromatic N) is 1. The molecule has 1 aromatic carbocycles. The Bertz CT molecular complexity index is 549. The van der Waals surface area contributed by atoms with Crippen molar-refractivity contribution in [2.24, 2.45) is 0 Å². The van der Waals surface area contributed by atoms with Gasteiger partial charge in [0.05, 0.1) is 10.6 Å². The quantitative estimate of drug-likeness (QED) is 0.836. The molecule has 1 atom stereocenters. The maximum atomic E-state index is 12.1. The SMILES string of the molecule is Cc1ccc(S(=O)(=O)CC[C@H](C)OC(=O)N(C)C)cc1. The second kappa shape index (κ2) is 6.74. The standard InChI is InChI=1S/C14H21NO4S/c1-11-5-7-13(8-6-11)20(17,18)10-9-12(2)19-14(16)15(3)4/h5-8,12H,9-10H2,1-4H3/t12-/m0/s1. The van der Waals surface area contributed by atoms with Crippen LogP contribution in [-0.2, 0) is 14.6 Å². The third kappa shape index (κ3) is 4.85. The summed E-state index contributed by atoms with van der Waals surface area (Å²) in [5.74, 6) is -0.0437. The van der Waals surface area contributed by atoms with Crippen molar-refractivity contribution in [1.82, 2.24) is 4.90 Å². The summed E-state index contributed by atoms with van der Waals surface area (Å²) in [6.45, 7) is 3.59. The lowest BCUT2D eigenvalue weighted by Gasteiger charge is -2.16. The molecule has 0 saturated carbocycles. The summed E-state index contributed by atoms with van der Waals surface area (Å²) in [5.41, 5.74) is 1.01. The van der Waals surface area contributed by atoms with E-state index in [2.05, 4.69) is 0 Å². The van der Waals surface area contributed by atoms with Crippen molar-refractivity contribution in [3.8, 4) is 0 Å². The van der Waals surface area contributed by atoms with Crippen LogP contribution in [0.25, 0.3) is 0 Å². The molecule has 112 valence electrons. The molecule has 0 aromatic heterocycles. The number of rotatable bonds is 5. The number of benzene rings is 1. The molecule has 1 aromatic rings. The van der Waals surface area contributed by atoms with Gasteiger partial charge in [-0.1, -0.05) is 17.7 Å². The van der Waals surface area contributed by atoms with E-state index in [1.807, 2.05) is 6.92 Å². The van der Waals surface area contributed by atoms with Crippen molar-refractivity contribution in [1.29, 1.82) is 0 Å².